The predicted molar refractivity (Wildman–Crippen MR) is 163 cm³/mol. The summed E-state index contributed by atoms with van der Waals surface area (Å²) in [6.45, 7) is 15.8. The minimum atomic E-state index is -1.26. The summed E-state index contributed by atoms with van der Waals surface area (Å²) in [5, 5.41) is 35.4. The van der Waals surface area contributed by atoms with E-state index < -0.39 is 53.4 Å². The molecule has 1 aliphatic rings. The zero-order valence-electron chi connectivity index (χ0n) is 28.5. The number of hydrogen-bond acceptors (Lipinski definition) is 12. The topological polar surface area (TPSA) is 126 Å². The fraction of sp³-hybridized carbons (Fsp3) is 1.00. The zero-order valence-corrected chi connectivity index (χ0v) is 28.5. The molecule has 3 N–H and O–H groups in total. The van der Waals surface area contributed by atoms with Crippen molar-refractivity contribution in [2.75, 3.05) is 102 Å². The third-order valence-corrected chi connectivity index (χ3v) is 9.97. The van der Waals surface area contributed by atoms with Gasteiger partial charge in [0.05, 0.1) is 36.6 Å². The fourth-order valence-corrected chi connectivity index (χ4v) is 5.72. The molecule has 42 heavy (non-hydrogen) atoms. The number of methoxy groups -OCH3 is 6. The molecular weight excluding hydrogens is 546 g/mol. The Kier molecular flexibility index (Phi) is 16.8. The summed E-state index contributed by atoms with van der Waals surface area (Å²) >= 11 is 0. The summed E-state index contributed by atoms with van der Waals surface area (Å²) in [4.78, 5) is 6.61. The second kappa shape index (κ2) is 17.9. The first-order chi connectivity index (χ1) is 19.6. The van der Waals surface area contributed by atoms with E-state index in [4.69, 9.17) is 28.4 Å². The number of nitrogens with zero attached hydrogens (tertiary/aromatic N) is 3. The molecule has 0 radical (unpaired) electrons. The molecule has 0 aromatic rings. The van der Waals surface area contributed by atoms with Crippen molar-refractivity contribution in [3.8, 4) is 0 Å². The van der Waals surface area contributed by atoms with Crippen LogP contribution in [0.5, 0.6) is 0 Å². The van der Waals surface area contributed by atoms with Gasteiger partial charge in [-0.3, -0.25) is 14.7 Å². The number of rotatable bonds is 18. The number of hydrogen-bond donors (Lipinski definition) is 3. The van der Waals surface area contributed by atoms with Crippen LogP contribution in [0.25, 0.3) is 0 Å². The van der Waals surface area contributed by atoms with Crippen LogP contribution >= 0.6 is 0 Å². The van der Waals surface area contributed by atoms with Crippen LogP contribution in [-0.2, 0) is 28.4 Å². The highest BCUT2D eigenvalue weighted by Gasteiger charge is 2.45. The first-order valence-electron chi connectivity index (χ1n) is 15.1. The Hall–Kier alpha value is -0.480. The molecule has 1 rings (SSSR count). The van der Waals surface area contributed by atoms with Crippen LogP contribution in [-0.4, -0.2) is 185 Å². The van der Waals surface area contributed by atoms with Crippen molar-refractivity contribution in [3.05, 3.63) is 0 Å². The number of β-amino-alcohol motifs (C(OH)–C–C–N with tert-alkyl or cyclic N) is 3. The maximum absolute atomic E-state index is 11.8. The summed E-state index contributed by atoms with van der Waals surface area (Å²) < 4.78 is 33.5. The molecule has 252 valence electrons. The summed E-state index contributed by atoms with van der Waals surface area (Å²) in [7, 11) is 9.52. The van der Waals surface area contributed by atoms with Gasteiger partial charge in [-0.05, 0) is 41.5 Å². The van der Waals surface area contributed by atoms with Crippen LogP contribution in [0.3, 0.4) is 0 Å². The fourth-order valence-electron chi connectivity index (χ4n) is 5.72. The molecule has 0 aromatic heterocycles. The lowest BCUT2D eigenvalue weighted by molar-refractivity contribution is -0.169. The third-order valence-electron chi connectivity index (χ3n) is 9.97. The van der Waals surface area contributed by atoms with E-state index in [9.17, 15) is 15.3 Å². The molecule has 1 fully saturated rings. The van der Waals surface area contributed by atoms with Gasteiger partial charge in [-0.25, -0.2) is 0 Å². The van der Waals surface area contributed by atoms with Gasteiger partial charge in [-0.15, -0.1) is 0 Å². The maximum Gasteiger partial charge on any atom is 0.129 e. The highest BCUT2D eigenvalue weighted by molar-refractivity contribution is 4.98. The summed E-state index contributed by atoms with van der Waals surface area (Å²) in [6, 6.07) is 0. The van der Waals surface area contributed by atoms with Gasteiger partial charge >= 0.3 is 0 Å². The van der Waals surface area contributed by atoms with Crippen molar-refractivity contribution in [1.82, 2.24) is 14.7 Å². The Bertz CT molecular complexity index is 612. The Morgan fingerprint density at radius 3 is 0.667 bits per heavy atom. The highest BCUT2D eigenvalue weighted by atomic mass is 16.5. The Labute approximate surface area is 255 Å². The van der Waals surface area contributed by atoms with E-state index in [1.807, 2.05) is 41.5 Å². The van der Waals surface area contributed by atoms with Crippen LogP contribution in [0.1, 0.15) is 41.5 Å². The number of aliphatic hydroxyl groups is 3. The molecule has 12 nitrogen and oxygen atoms in total. The van der Waals surface area contributed by atoms with Gasteiger partial charge in [0.25, 0.3) is 0 Å². The lowest BCUT2D eigenvalue weighted by Gasteiger charge is -2.42. The summed E-state index contributed by atoms with van der Waals surface area (Å²) in [5.74, 6) is 0. The normalized spacial score (nSPS) is 25.5. The second-order valence-corrected chi connectivity index (χ2v) is 12.1. The van der Waals surface area contributed by atoms with Crippen LogP contribution in [0.2, 0.25) is 0 Å². The van der Waals surface area contributed by atoms with Gasteiger partial charge in [0.15, 0.2) is 0 Å². The SMILES string of the molecule is COC(C)C(O)(CN1CCN(CC(O)(C(C)OC)C(C)OC)CCN(CC(O)(C(C)OC)C(C)OC)CC1)C(C)OC. The Morgan fingerprint density at radius 1 is 0.405 bits per heavy atom. The van der Waals surface area contributed by atoms with E-state index in [1.165, 1.54) is 0 Å². The molecule has 0 saturated carbocycles. The van der Waals surface area contributed by atoms with E-state index in [0.717, 1.165) is 0 Å². The lowest BCUT2D eigenvalue weighted by atomic mass is 9.90. The molecule has 0 bridgehead atoms. The Morgan fingerprint density at radius 2 is 0.548 bits per heavy atom. The smallest absolute Gasteiger partial charge is 0.129 e. The average Bonchev–Trinajstić information content (AvgIpc) is 3.08. The lowest BCUT2D eigenvalue weighted by Crippen LogP contribution is -2.60. The standard InChI is InChI=1S/C30H63N3O9/c1-22(37-7)28(34,23(2)38-8)19-31-13-15-32(20-29(35,24(3)39-9)25(4)40-10)17-18-33(16-14-31)21-30(36,26(5)41-11)27(6)42-12/h22-27,34-36H,13-21H2,1-12H3. The van der Waals surface area contributed by atoms with Gasteiger partial charge in [0, 0.05) is 102 Å². The van der Waals surface area contributed by atoms with Gasteiger partial charge in [-0.2, -0.15) is 0 Å². The molecule has 6 unspecified atom stereocenters. The van der Waals surface area contributed by atoms with Crippen LogP contribution < -0.4 is 0 Å². The largest absolute Gasteiger partial charge is 0.383 e. The molecular formula is C30H63N3O9. The van der Waals surface area contributed by atoms with E-state index in [-0.39, 0.29) is 0 Å². The summed E-state index contributed by atoms with van der Waals surface area (Å²) in [5.41, 5.74) is -3.79. The van der Waals surface area contributed by atoms with Crippen molar-refractivity contribution < 1.29 is 43.7 Å². The number of ether oxygens (including phenoxy) is 6. The predicted octanol–water partition coefficient (Wildman–Crippen LogP) is 0.309. The molecule has 0 aliphatic carbocycles. The summed E-state index contributed by atoms with van der Waals surface area (Å²) in [6.07, 6.45) is -2.85. The highest BCUT2D eigenvalue weighted by Crippen LogP contribution is 2.26. The van der Waals surface area contributed by atoms with Crippen molar-refractivity contribution >= 4 is 0 Å². The van der Waals surface area contributed by atoms with Crippen molar-refractivity contribution in [2.45, 2.75) is 95.0 Å². The van der Waals surface area contributed by atoms with E-state index in [1.54, 1.807) is 42.7 Å². The molecule has 1 saturated heterocycles. The molecule has 6 atom stereocenters. The van der Waals surface area contributed by atoms with Gasteiger partial charge in [0.2, 0.25) is 0 Å². The molecule has 12 heteroatoms. The zero-order chi connectivity index (χ0) is 32.3. The first-order valence-corrected chi connectivity index (χ1v) is 15.1. The van der Waals surface area contributed by atoms with Gasteiger partial charge in [-0.1, -0.05) is 0 Å². The van der Waals surface area contributed by atoms with E-state index >= 15 is 0 Å². The quantitative estimate of drug-likeness (QED) is 0.198. The van der Waals surface area contributed by atoms with Crippen molar-refractivity contribution in [3.63, 3.8) is 0 Å². The Balaban J connectivity index is 3.45. The van der Waals surface area contributed by atoms with Crippen molar-refractivity contribution in [2.24, 2.45) is 0 Å². The van der Waals surface area contributed by atoms with Gasteiger partial charge < -0.3 is 43.7 Å². The second-order valence-electron chi connectivity index (χ2n) is 12.1. The average molecular weight is 610 g/mol. The molecule has 0 amide bonds. The van der Waals surface area contributed by atoms with Crippen LogP contribution in [0.15, 0.2) is 0 Å². The maximum atomic E-state index is 11.8. The van der Waals surface area contributed by atoms with Gasteiger partial charge in [0.1, 0.15) is 16.8 Å². The van der Waals surface area contributed by atoms with Crippen molar-refractivity contribution in [1.29, 1.82) is 0 Å². The van der Waals surface area contributed by atoms with Crippen LogP contribution in [0, 0.1) is 0 Å². The third kappa shape index (κ3) is 9.76. The van der Waals surface area contributed by atoms with E-state index in [2.05, 4.69) is 14.7 Å². The first kappa shape index (κ1) is 39.5. The molecule has 0 aromatic carbocycles. The molecule has 1 aliphatic heterocycles. The minimum Gasteiger partial charge on any atom is -0.383 e. The monoisotopic (exact) mass is 609 g/mol. The molecule has 1 heterocycles. The van der Waals surface area contributed by atoms with Crippen LogP contribution in [0.4, 0.5) is 0 Å². The molecule has 0 spiro atoms. The minimum absolute atomic E-state index is 0.319. The van der Waals surface area contributed by atoms with E-state index in [0.29, 0.717) is 58.9 Å².